The highest BCUT2D eigenvalue weighted by molar-refractivity contribution is 7.15. The molecule has 1 atom stereocenters. The summed E-state index contributed by atoms with van der Waals surface area (Å²) >= 11 is 3.50. The Bertz CT molecular complexity index is 1480. The van der Waals surface area contributed by atoms with Crippen molar-refractivity contribution in [2.24, 2.45) is 10.8 Å². The van der Waals surface area contributed by atoms with Crippen LogP contribution in [-0.2, 0) is 33.6 Å². The van der Waals surface area contributed by atoms with Crippen molar-refractivity contribution in [3.63, 3.8) is 0 Å². The first-order valence-corrected chi connectivity index (χ1v) is 17.7. The lowest BCUT2D eigenvalue weighted by molar-refractivity contribution is -0.140. The summed E-state index contributed by atoms with van der Waals surface area (Å²) in [5, 5.41) is 7.59. The fourth-order valence-corrected chi connectivity index (χ4v) is 8.21. The summed E-state index contributed by atoms with van der Waals surface area (Å²) in [6.07, 6.45) is 5.25. The number of fused-ring (bicyclic) bond motifs is 1. The van der Waals surface area contributed by atoms with E-state index in [1.807, 2.05) is 25.2 Å². The number of thiophene rings is 2. The van der Waals surface area contributed by atoms with Crippen molar-refractivity contribution in [2.75, 3.05) is 26.7 Å². The van der Waals surface area contributed by atoms with Gasteiger partial charge in [-0.05, 0) is 92.8 Å². The molecule has 244 valence electrons. The van der Waals surface area contributed by atoms with Gasteiger partial charge in [-0.1, -0.05) is 46.8 Å². The Morgan fingerprint density at radius 3 is 2.42 bits per heavy atom. The molecule has 2 aromatic heterocycles. The minimum atomic E-state index is -0.856. The van der Waals surface area contributed by atoms with Crippen molar-refractivity contribution in [1.82, 2.24) is 15.5 Å². The molecule has 0 bridgehead atoms. The predicted octanol–water partition coefficient (Wildman–Crippen LogP) is 6.81. The molecule has 0 saturated carbocycles. The van der Waals surface area contributed by atoms with Gasteiger partial charge in [0.1, 0.15) is 12.3 Å². The molecule has 9 heteroatoms. The number of carbonyl (C=O) groups excluding carboxylic acids is 3. The minimum Gasteiger partial charge on any atom is -0.424 e. The number of carbonyl (C=O) groups is 3. The third kappa shape index (κ3) is 8.83. The van der Waals surface area contributed by atoms with Crippen LogP contribution in [0.4, 0.5) is 0 Å². The van der Waals surface area contributed by atoms with E-state index in [1.54, 1.807) is 32.2 Å². The van der Waals surface area contributed by atoms with E-state index in [0.717, 1.165) is 61.2 Å². The van der Waals surface area contributed by atoms with E-state index < -0.39 is 16.8 Å². The first kappa shape index (κ1) is 34.9. The van der Waals surface area contributed by atoms with Crippen molar-refractivity contribution in [3.05, 3.63) is 62.7 Å². The van der Waals surface area contributed by atoms with E-state index in [1.165, 1.54) is 15.3 Å². The first-order valence-electron chi connectivity index (χ1n) is 16.0. The molecule has 0 saturated heterocycles. The highest BCUT2D eigenvalue weighted by atomic mass is 32.1. The van der Waals surface area contributed by atoms with Gasteiger partial charge in [0.2, 0.25) is 11.8 Å². The van der Waals surface area contributed by atoms with Crippen LogP contribution in [0.3, 0.4) is 0 Å². The number of rotatable bonds is 14. The lowest BCUT2D eigenvalue weighted by Gasteiger charge is -2.36. The van der Waals surface area contributed by atoms with Crippen molar-refractivity contribution in [3.8, 4) is 16.2 Å². The van der Waals surface area contributed by atoms with E-state index in [9.17, 15) is 14.4 Å². The summed E-state index contributed by atoms with van der Waals surface area (Å²) in [5.74, 6) is -0.302. The molecular formula is C36H49N3O4S2. The van der Waals surface area contributed by atoms with Crippen molar-refractivity contribution in [1.29, 1.82) is 0 Å². The number of hydrogen-bond acceptors (Lipinski definition) is 7. The second-order valence-corrected chi connectivity index (χ2v) is 15.8. The van der Waals surface area contributed by atoms with Crippen LogP contribution in [0, 0.1) is 17.8 Å². The molecule has 1 aliphatic rings. The van der Waals surface area contributed by atoms with Crippen LogP contribution < -0.4 is 15.4 Å². The van der Waals surface area contributed by atoms with Gasteiger partial charge in [0, 0.05) is 50.7 Å². The standard InChI is InChI=1S/C36H49N3O4S2/c1-8-18-39(19-17-27-10-9-20-44-27)26-13-15-28-25(21-26)12-14-29(30-16-11-24(2)45-30)32(28)43-31(40)22-38-34(42)36(5,6)23-35(3,4)33(41)37-7/h9-12,14,16,20,26H,8,13,15,17-19,21-23H2,1-7H3,(H,37,41)(H,38,42). The molecule has 7 nitrogen and oxygen atoms in total. The average Bonchev–Trinajstić information content (AvgIpc) is 3.68. The largest absolute Gasteiger partial charge is 0.424 e. The van der Waals surface area contributed by atoms with Crippen LogP contribution in [0.1, 0.15) is 74.8 Å². The maximum absolute atomic E-state index is 13.3. The minimum absolute atomic E-state index is 0.129. The quantitative estimate of drug-likeness (QED) is 0.148. The molecule has 1 aromatic carbocycles. The van der Waals surface area contributed by atoms with Crippen LogP contribution in [0.15, 0.2) is 41.8 Å². The Morgan fingerprint density at radius 1 is 1.02 bits per heavy atom. The molecule has 45 heavy (non-hydrogen) atoms. The number of amides is 2. The topological polar surface area (TPSA) is 87.7 Å². The Labute approximate surface area is 276 Å². The maximum atomic E-state index is 13.3. The summed E-state index contributed by atoms with van der Waals surface area (Å²) in [6.45, 7) is 13.4. The van der Waals surface area contributed by atoms with Gasteiger partial charge in [-0.3, -0.25) is 14.5 Å². The lowest BCUT2D eigenvalue weighted by Crippen LogP contribution is -2.45. The van der Waals surface area contributed by atoms with E-state index in [2.05, 4.69) is 71.2 Å². The number of aryl methyl sites for hydroxylation is 1. The van der Waals surface area contributed by atoms with Gasteiger partial charge in [-0.15, -0.1) is 22.7 Å². The molecule has 1 aliphatic carbocycles. The van der Waals surface area contributed by atoms with Gasteiger partial charge in [0.05, 0.1) is 0 Å². The third-order valence-electron chi connectivity index (χ3n) is 8.75. The van der Waals surface area contributed by atoms with E-state index in [4.69, 9.17) is 4.74 Å². The number of hydrogen-bond donors (Lipinski definition) is 2. The van der Waals surface area contributed by atoms with E-state index >= 15 is 0 Å². The number of nitrogens with one attached hydrogen (secondary N) is 2. The number of esters is 1. The van der Waals surface area contributed by atoms with E-state index in [0.29, 0.717) is 18.2 Å². The zero-order valence-corrected chi connectivity index (χ0v) is 29.5. The maximum Gasteiger partial charge on any atom is 0.330 e. The average molecular weight is 652 g/mol. The summed E-state index contributed by atoms with van der Waals surface area (Å²) in [5.41, 5.74) is 1.65. The Balaban J connectivity index is 1.50. The van der Waals surface area contributed by atoms with Crippen LogP contribution in [0.2, 0.25) is 0 Å². The van der Waals surface area contributed by atoms with Gasteiger partial charge < -0.3 is 15.4 Å². The van der Waals surface area contributed by atoms with Gasteiger partial charge in [0.15, 0.2) is 0 Å². The van der Waals surface area contributed by atoms with Crippen molar-refractivity contribution >= 4 is 40.5 Å². The van der Waals surface area contributed by atoms with Crippen LogP contribution in [-0.4, -0.2) is 55.4 Å². The number of benzene rings is 1. The molecule has 0 fully saturated rings. The molecule has 1 unspecified atom stereocenters. The summed E-state index contributed by atoms with van der Waals surface area (Å²) in [6, 6.07) is 13.2. The monoisotopic (exact) mass is 651 g/mol. The SMILES string of the molecule is CCCN(CCc1cccs1)C1CCc2c(ccc(-c3ccc(C)s3)c2OC(=O)CNC(=O)C(C)(C)CC(C)(C)C(=O)NC)C1. The molecule has 2 N–H and O–H groups in total. The van der Waals surface area contributed by atoms with Gasteiger partial charge in [0.25, 0.3) is 0 Å². The lowest BCUT2D eigenvalue weighted by atomic mass is 9.74. The molecule has 2 amide bonds. The fourth-order valence-electron chi connectivity index (χ4n) is 6.62. The van der Waals surface area contributed by atoms with Crippen LogP contribution in [0.5, 0.6) is 5.75 Å². The fraction of sp³-hybridized carbons (Fsp3) is 0.528. The number of ether oxygens (including phenoxy) is 1. The molecular weight excluding hydrogens is 603 g/mol. The molecule has 0 spiro atoms. The molecule has 3 aromatic rings. The van der Waals surface area contributed by atoms with Crippen molar-refractivity contribution < 1.29 is 19.1 Å². The zero-order valence-electron chi connectivity index (χ0n) is 27.9. The molecule has 4 rings (SSSR count). The Morgan fingerprint density at radius 2 is 1.78 bits per heavy atom. The summed E-state index contributed by atoms with van der Waals surface area (Å²) in [4.78, 5) is 45.1. The molecule has 0 radical (unpaired) electrons. The second-order valence-electron chi connectivity index (χ2n) is 13.4. The predicted molar refractivity (Wildman–Crippen MR) is 185 cm³/mol. The smallest absolute Gasteiger partial charge is 0.330 e. The normalized spacial score (nSPS) is 15.1. The van der Waals surface area contributed by atoms with E-state index in [-0.39, 0.29) is 18.4 Å². The van der Waals surface area contributed by atoms with Gasteiger partial charge in [-0.25, -0.2) is 4.79 Å². The second kappa shape index (κ2) is 15.1. The highest BCUT2D eigenvalue weighted by Crippen LogP contribution is 2.42. The highest BCUT2D eigenvalue weighted by Gasteiger charge is 2.38. The Kier molecular flexibility index (Phi) is 11.7. The molecule has 0 aliphatic heterocycles. The van der Waals surface area contributed by atoms with Crippen LogP contribution in [0.25, 0.3) is 10.4 Å². The van der Waals surface area contributed by atoms with Gasteiger partial charge >= 0.3 is 5.97 Å². The number of nitrogens with zero attached hydrogens (tertiary/aromatic N) is 1. The molecule has 2 heterocycles. The van der Waals surface area contributed by atoms with Crippen molar-refractivity contribution in [2.45, 2.75) is 86.1 Å². The first-order chi connectivity index (χ1) is 21.3. The summed E-state index contributed by atoms with van der Waals surface area (Å²) in [7, 11) is 1.59. The zero-order chi connectivity index (χ0) is 32.8. The summed E-state index contributed by atoms with van der Waals surface area (Å²) < 4.78 is 6.14. The third-order valence-corrected chi connectivity index (χ3v) is 10.7. The Hall–Kier alpha value is -3.01. The van der Waals surface area contributed by atoms with Crippen LogP contribution >= 0.6 is 22.7 Å². The van der Waals surface area contributed by atoms with Gasteiger partial charge in [-0.2, -0.15) is 0 Å².